The Morgan fingerprint density at radius 1 is 1.50 bits per heavy atom. The van der Waals surface area contributed by atoms with Crippen LogP contribution in [0.5, 0.6) is 0 Å². The van der Waals surface area contributed by atoms with E-state index in [0.717, 1.165) is 19.6 Å². The van der Waals surface area contributed by atoms with Crippen molar-refractivity contribution < 1.29 is 9.47 Å². The summed E-state index contributed by atoms with van der Waals surface area (Å²) < 4.78 is 11.0. The van der Waals surface area contributed by atoms with E-state index in [0.29, 0.717) is 12.1 Å². The Kier molecular flexibility index (Phi) is 4.22. The second-order valence-electron chi connectivity index (χ2n) is 5.42. The average molecular weight is 227 g/mol. The van der Waals surface area contributed by atoms with Crippen molar-refractivity contribution in [3.63, 3.8) is 0 Å². The molecule has 1 saturated carbocycles. The van der Waals surface area contributed by atoms with Crippen LogP contribution in [0.2, 0.25) is 0 Å². The van der Waals surface area contributed by atoms with E-state index in [4.69, 9.17) is 9.47 Å². The van der Waals surface area contributed by atoms with Gasteiger partial charge in [-0.15, -0.1) is 0 Å². The Balaban J connectivity index is 1.72. The lowest BCUT2D eigenvalue weighted by Crippen LogP contribution is -2.52. The van der Waals surface area contributed by atoms with Crippen molar-refractivity contribution in [2.75, 3.05) is 20.3 Å². The van der Waals surface area contributed by atoms with Crippen molar-refractivity contribution in [2.24, 2.45) is 0 Å². The lowest BCUT2D eigenvalue weighted by Gasteiger charge is -2.47. The van der Waals surface area contributed by atoms with Gasteiger partial charge in [0.15, 0.2) is 0 Å². The van der Waals surface area contributed by atoms with E-state index in [1.807, 2.05) is 0 Å². The molecule has 0 amide bonds. The molecule has 1 aliphatic carbocycles. The first-order valence-electron chi connectivity index (χ1n) is 6.63. The van der Waals surface area contributed by atoms with Crippen molar-refractivity contribution in [1.82, 2.24) is 5.32 Å². The Hall–Kier alpha value is -0.120. The molecule has 16 heavy (non-hydrogen) atoms. The molecule has 2 rings (SSSR count). The predicted octanol–water partition coefficient (Wildman–Crippen LogP) is 2.10. The quantitative estimate of drug-likeness (QED) is 0.780. The second-order valence-corrected chi connectivity index (χ2v) is 5.42. The molecule has 94 valence electrons. The van der Waals surface area contributed by atoms with Crippen molar-refractivity contribution in [3.8, 4) is 0 Å². The highest BCUT2D eigenvalue weighted by molar-refractivity contribution is 4.96. The molecule has 2 atom stereocenters. The summed E-state index contributed by atoms with van der Waals surface area (Å²) in [4.78, 5) is 0. The minimum Gasteiger partial charge on any atom is -0.385 e. The lowest BCUT2D eigenvalue weighted by atomic mass is 9.74. The van der Waals surface area contributed by atoms with Crippen molar-refractivity contribution >= 4 is 0 Å². The summed E-state index contributed by atoms with van der Waals surface area (Å²) in [5.41, 5.74) is 0.261. The van der Waals surface area contributed by atoms with E-state index in [1.54, 1.807) is 7.11 Å². The molecular formula is C13H25NO2. The first kappa shape index (κ1) is 12.3. The Morgan fingerprint density at radius 2 is 2.31 bits per heavy atom. The molecule has 1 spiro atoms. The van der Waals surface area contributed by atoms with Gasteiger partial charge in [0, 0.05) is 32.4 Å². The highest BCUT2D eigenvalue weighted by Crippen LogP contribution is 2.42. The van der Waals surface area contributed by atoms with E-state index in [1.165, 1.54) is 32.1 Å². The summed E-state index contributed by atoms with van der Waals surface area (Å²) in [6.45, 7) is 4.04. The van der Waals surface area contributed by atoms with Crippen LogP contribution in [0.15, 0.2) is 0 Å². The van der Waals surface area contributed by atoms with Crippen molar-refractivity contribution in [2.45, 2.75) is 63.1 Å². The maximum atomic E-state index is 5.93. The molecule has 0 aromatic carbocycles. The maximum absolute atomic E-state index is 5.93. The molecule has 0 radical (unpaired) electrons. The predicted molar refractivity (Wildman–Crippen MR) is 64.6 cm³/mol. The van der Waals surface area contributed by atoms with E-state index < -0.39 is 0 Å². The van der Waals surface area contributed by atoms with E-state index in [9.17, 15) is 0 Å². The zero-order valence-electron chi connectivity index (χ0n) is 10.6. The molecule has 0 bridgehead atoms. The fourth-order valence-corrected chi connectivity index (χ4v) is 2.87. The highest BCUT2D eigenvalue weighted by Gasteiger charge is 2.42. The molecule has 2 fully saturated rings. The molecule has 2 unspecified atom stereocenters. The van der Waals surface area contributed by atoms with Gasteiger partial charge >= 0.3 is 0 Å². The van der Waals surface area contributed by atoms with Gasteiger partial charge in [0.2, 0.25) is 0 Å². The van der Waals surface area contributed by atoms with Crippen LogP contribution >= 0.6 is 0 Å². The molecular weight excluding hydrogens is 202 g/mol. The smallest absolute Gasteiger partial charge is 0.0697 e. The summed E-state index contributed by atoms with van der Waals surface area (Å²) in [5, 5.41) is 3.72. The van der Waals surface area contributed by atoms with Crippen LogP contribution in [0.1, 0.15) is 45.4 Å². The van der Waals surface area contributed by atoms with Crippen LogP contribution in [0, 0.1) is 0 Å². The van der Waals surface area contributed by atoms with E-state index in [2.05, 4.69) is 12.2 Å². The van der Waals surface area contributed by atoms with Gasteiger partial charge < -0.3 is 14.8 Å². The molecule has 0 aromatic heterocycles. The average Bonchev–Trinajstić information content (AvgIpc) is 2.24. The molecule has 1 saturated heterocycles. The molecule has 1 N–H and O–H groups in total. The normalized spacial score (nSPS) is 30.0. The number of ether oxygens (including phenoxy) is 2. The Morgan fingerprint density at radius 3 is 2.94 bits per heavy atom. The van der Waals surface area contributed by atoms with Gasteiger partial charge in [0.1, 0.15) is 0 Å². The lowest BCUT2D eigenvalue weighted by molar-refractivity contribution is -0.136. The minimum absolute atomic E-state index is 0.261. The first-order valence-corrected chi connectivity index (χ1v) is 6.63. The fraction of sp³-hybridized carbons (Fsp3) is 1.00. The van der Waals surface area contributed by atoms with Gasteiger partial charge in [0.25, 0.3) is 0 Å². The first-order chi connectivity index (χ1) is 7.74. The third kappa shape index (κ3) is 2.96. The second kappa shape index (κ2) is 5.48. The monoisotopic (exact) mass is 227 g/mol. The molecule has 3 nitrogen and oxygen atoms in total. The minimum atomic E-state index is 0.261. The van der Waals surface area contributed by atoms with Crippen molar-refractivity contribution in [1.29, 1.82) is 0 Å². The van der Waals surface area contributed by atoms with Gasteiger partial charge in [0.05, 0.1) is 5.60 Å². The Labute approximate surface area is 98.9 Å². The summed E-state index contributed by atoms with van der Waals surface area (Å²) in [7, 11) is 1.77. The van der Waals surface area contributed by atoms with E-state index >= 15 is 0 Å². The third-order valence-corrected chi connectivity index (χ3v) is 4.03. The van der Waals surface area contributed by atoms with Gasteiger partial charge in [-0.1, -0.05) is 0 Å². The van der Waals surface area contributed by atoms with Gasteiger partial charge in [-0.25, -0.2) is 0 Å². The Bertz CT molecular complexity index is 216. The zero-order chi connectivity index (χ0) is 11.4. The summed E-state index contributed by atoms with van der Waals surface area (Å²) in [6, 6.07) is 1.21. The number of hydrogen-bond acceptors (Lipinski definition) is 3. The van der Waals surface area contributed by atoms with Crippen LogP contribution in [0.25, 0.3) is 0 Å². The topological polar surface area (TPSA) is 30.5 Å². The zero-order valence-corrected chi connectivity index (χ0v) is 10.6. The van der Waals surface area contributed by atoms with Crippen LogP contribution in [-0.2, 0) is 9.47 Å². The maximum Gasteiger partial charge on any atom is 0.0697 e. The largest absolute Gasteiger partial charge is 0.385 e. The van der Waals surface area contributed by atoms with Crippen molar-refractivity contribution in [3.05, 3.63) is 0 Å². The summed E-state index contributed by atoms with van der Waals surface area (Å²) >= 11 is 0. The molecule has 2 aliphatic rings. The number of rotatable bonds is 5. The van der Waals surface area contributed by atoms with Gasteiger partial charge in [-0.05, 0) is 45.4 Å². The fourth-order valence-electron chi connectivity index (χ4n) is 2.87. The van der Waals surface area contributed by atoms with Gasteiger partial charge in [-0.2, -0.15) is 0 Å². The molecule has 3 heteroatoms. The molecule has 1 heterocycles. The molecule has 1 aliphatic heterocycles. The van der Waals surface area contributed by atoms with Crippen LogP contribution in [0.4, 0.5) is 0 Å². The molecule has 0 aromatic rings. The summed E-state index contributed by atoms with van der Waals surface area (Å²) in [5.74, 6) is 0. The number of hydrogen-bond donors (Lipinski definition) is 1. The standard InChI is InChI=1S/C13H25NO2/c1-11(4-8-15-2)14-12-5-9-16-13(10-12)6-3-7-13/h11-12,14H,3-10H2,1-2H3. The SMILES string of the molecule is COCCC(C)NC1CCOC2(CCC2)C1. The number of methoxy groups -OCH3 is 1. The van der Waals surface area contributed by atoms with Crippen LogP contribution in [-0.4, -0.2) is 38.0 Å². The van der Waals surface area contributed by atoms with Crippen LogP contribution < -0.4 is 5.32 Å². The third-order valence-electron chi connectivity index (χ3n) is 4.03. The highest BCUT2D eigenvalue weighted by atomic mass is 16.5. The summed E-state index contributed by atoms with van der Waals surface area (Å²) in [6.07, 6.45) is 7.38. The van der Waals surface area contributed by atoms with Gasteiger partial charge in [-0.3, -0.25) is 0 Å². The van der Waals surface area contributed by atoms with Crippen LogP contribution in [0.3, 0.4) is 0 Å². The van der Waals surface area contributed by atoms with E-state index in [-0.39, 0.29) is 5.60 Å². The number of nitrogens with one attached hydrogen (secondary N) is 1.